The fourth-order valence-corrected chi connectivity index (χ4v) is 5.22. The number of aliphatic hydroxyl groups is 2. The molecule has 0 aromatic rings. The molecule has 7 nitrogen and oxygen atoms in total. The van der Waals surface area contributed by atoms with Gasteiger partial charge in [-0.2, -0.15) is 0 Å². The molecule has 2 rings (SSSR count). The average Bonchev–Trinajstić information content (AvgIpc) is 2.72. The standard InChI is InChI=1S/C26H49NO6/c1-17-10-8-9-11-22(33-23-13-18(2)12-20(4)32-23)14-19(3)25(29)31-16-26(6,30)24(28)21(5)27(7)15-17/h17-24,28,30H,8-16H2,1-7H3/t17-,18?,19?,20?,21?,22+,23+,24?,26-/m1/s1. The first-order valence-corrected chi connectivity index (χ1v) is 13.0. The molecule has 2 fully saturated rings. The van der Waals surface area contributed by atoms with E-state index in [4.69, 9.17) is 14.2 Å². The van der Waals surface area contributed by atoms with E-state index in [0.717, 1.165) is 45.1 Å². The van der Waals surface area contributed by atoms with Gasteiger partial charge in [0.1, 0.15) is 18.3 Å². The lowest BCUT2D eigenvalue weighted by atomic mass is 9.92. The quantitative estimate of drug-likeness (QED) is 0.593. The number of aliphatic hydroxyl groups excluding tert-OH is 1. The van der Waals surface area contributed by atoms with Crippen molar-refractivity contribution in [3.63, 3.8) is 0 Å². The Balaban J connectivity index is 2.09. The van der Waals surface area contributed by atoms with Gasteiger partial charge in [-0.1, -0.05) is 33.6 Å². The summed E-state index contributed by atoms with van der Waals surface area (Å²) in [6.45, 7) is 12.4. The van der Waals surface area contributed by atoms with Crippen LogP contribution in [-0.4, -0.2) is 77.5 Å². The highest BCUT2D eigenvalue weighted by molar-refractivity contribution is 5.72. The summed E-state index contributed by atoms with van der Waals surface area (Å²) in [4.78, 5) is 14.8. The van der Waals surface area contributed by atoms with E-state index < -0.39 is 11.7 Å². The van der Waals surface area contributed by atoms with Gasteiger partial charge in [0.25, 0.3) is 0 Å². The number of likely N-dealkylation sites (N-methyl/N-ethyl adjacent to an activating group) is 1. The van der Waals surface area contributed by atoms with Gasteiger partial charge in [-0.3, -0.25) is 4.79 Å². The molecule has 5 unspecified atom stereocenters. The Bertz CT molecular complexity index is 589. The van der Waals surface area contributed by atoms with E-state index in [0.29, 0.717) is 18.3 Å². The van der Waals surface area contributed by atoms with Gasteiger partial charge in [0.05, 0.1) is 18.1 Å². The molecule has 194 valence electrons. The van der Waals surface area contributed by atoms with E-state index in [2.05, 4.69) is 25.7 Å². The fourth-order valence-electron chi connectivity index (χ4n) is 5.22. The monoisotopic (exact) mass is 471 g/mol. The molecule has 2 saturated heterocycles. The molecule has 33 heavy (non-hydrogen) atoms. The lowest BCUT2D eigenvalue weighted by Crippen LogP contribution is -2.55. The molecule has 7 heteroatoms. The van der Waals surface area contributed by atoms with Crippen molar-refractivity contribution in [2.75, 3.05) is 20.2 Å². The van der Waals surface area contributed by atoms with E-state index in [9.17, 15) is 15.0 Å². The van der Waals surface area contributed by atoms with Crippen LogP contribution < -0.4 is 0 Å². The molecule has 0 amide bonds. The third-order valence-electron chi connectivity index (χ3n) is 7.44. The van der Waals surface area contributed by atoms with Crippen LogP contribution in [0.2, 0.25) is 0 Å². The van der Waals surface area contributed by atoms with Crippen LogP contribution in [0.25, 0.3) is 0 Å². The lowest BCUT2D eigenvalue weighted by Gasteiger charge is -2.38. The molecule has 0 aromatic heterocycles. The van der Waals surface area contributed by atoms with Gasteiger partial charge in [-0.15, -0.1) is 0 Å². The van der Waals surface area contributed by atoms with Crippen molar-refractivity contribution in [2.45, 2.75) is 123 Å². The van der Waals surface area contributed by atoms with E-state index >= 15 is 0 Å². The first kappa shape index (κ1) is 28.5. The Morgan fingerprint density at radius 1 is 1.03 bits per heavy atom. The minimum absolute atomic E-state index is 0.0768. The number of hydrogen-bond donors (Lipinski definition) is 2. The molecule has 0 saturated carbocycles. The van der Waals surface area contributed by atoms with Crippen LogP contribution in [0.15, 0.2) is 0 Å². The maximum absolute atomic E-state index is 12.7. The zero-order valence-corrected chi connectivity index (χ0v) is 22.0. The van der Waals surface area contributed by atoms with E-state index in [1.54, 1.807) is 0 Å². The molecule has 2 aliphatic rings. The van der Waals surface area contributed by atoms with Gasteiger partial charge < -0.3 is 29.3 Å². The van der Waals surface area contributed by atoms with Gasteiger partial charge in [-0.05, 0) is 65.3 Å². The normalized spacial score (nSPS) is 43.7. The third-order valence-corrected chi connectivity index (χ3v) is 7.44. The molecule has 2 aliphatic heterocycles. The zero-order valence-electron chi connectivity index (χ0n) is 22.0. The number of carbonyl (C=O) groups excluding carboxylic acids is 1. The second kappa shape index (κ2) is 12.8. The Kier molecular flexibility index (Phi) is 11.1. The van der Waals surface area contributed by atoms with Crippen LogP contribution in [0.5, 0.6) is 0 Å². The highest BCUT2D eigenvalue weighted by atomic mass is 16.7. The number of nitrogens with zero attached hydrogens (tertiary/aromatic N) is 1. The fraction of sp³-hybridized carbons (Fsp3) is 0.962. The highest BCUT2D eigenvalue weighted by Crippen LogP contribution is 2.29. The number of rotatable bonds is 2. The number of carbonyl (C=O) groups is 1. The summed E-state index contributed by atoms with van der Waals surface area (Å²) >= 11 is 0. The minimum atomic E-state index is -1.53. The van der Waals surface area contributed by atoms with Crippen molar-refractivity contribution in [1.29, 1.82) is 0 Å². The van der Waals surface area contributed by atoms with Crippen LogP contribution in [0.4, 0.5) is 0 Å². The molecule has 0 aromatic carbocycles. The molecule has 0 radical (unpaired) electrons. The second-order valence-corrected chi connectivity index (χ2v) is 11.3. The summed E-state index contributed by atoms with van der Waals surface area (Å²) in [5.74, 6) is 0.292. The van der Waals surface area contributed by atoms with Gasteiger partial charge in [0, 0.05) is 19.0 Å². The van der Waals surface area contributed by atoms with Crippen molar-refractivity contribution in [3.05, 3.63) is 0 Å². The van der Waals surface area contributed by atoms with Crippen LogP contribution in [0, 0.1) is 17.8 Å². The van der Waals surface area contributed by atoms with Crippen molar-refractivity contribution in [3.8, 4) is 0 Å². The molecule has 2 heterocycles. The molecule has 0 bridgehead atoms. The van der Waals surface area contributed by atoms with Crippen LogP contribution in [0.3, 0.4) is 0 Å². The van der Waals surface area contributed by atoms with Gasteiger partial charge in [0.2, 0.25) is 0 Å². The summed E-state index contributed by atoms with van der Waals surface area (Å²) in [6, 6.07) is -0.260. The highest BCUT2D eigenvalue weighted by Gasteiger charge is 2.38. The Morgan fingerprint density at radius 2 is 1.70 bits per heavy atom. The molecular formula is C26H49NO6. The first-order chi connectivity index (χ1) is 15.4. The Morgan fingerprint density at radius 3 is 2.36 bits per heavy atom. The van der Waals surface area contributed by atoms with Gasteiger partial charge in [0.15, 0.2) is 6.29 Å². The summed E-state index contributed by atoms with van der Waals surface area (Å²) < 4.78 is 17.9. The predicted molar refractivity (Wildman–Crippen MR) is 129 cm³/mol. The smallest absolute Gasteiger partial charge is 0.308 e. The maximum Gasteiger partial charge on any atom is 0.308 e. The van der Waals surface area contributed by atoms with Crippen molar-refractivity contribution in [1.82, 2.24) is 4.90 Å². The maximum atomic E-state index is 12.7. The first-order valence-electron chi connectivity index (χ1n) is 13.0. The number of cyclic esters (lactones) is 1. The summed E-state index contributed by atoms with van der Waals surface area (Å²) in [6.07, 6.45) is 5.41. The molecule has 2 N–H and O–H groups in total. The van der Waals surface area contributed by atoms with Crippen LogP contribution in [0.1, 0.15) is 86.5 Å². The largest absolute Gasteiger partial charge is 0.462 e. The number of ether oxygens (including phenoxy) is 3. The Hall–Kier alpha value is -0.730. The van der Waals surface area contributed by atoms with Crippen molar-refractivity contribution >= 4 is 5.97 Å². The zero-order chi connectivity index (χ0) is 24.8. The van der Waals surface area contributed by atoms with E-state index in [1.807, 2.05) is 20.9 Å². The van der Waals surface area contributed by atoms with Crippen molar-refractivity contribution < 1.29 is 29.2 Å². The van der Waals surface area contributed by atoms with Crippen LogP contribution >= 0.6 is 0 Å². The average molecular weight is 472 g/mol. The minimum Gasteiger partial charge on any atom is -0.462 e. The number of hydrogen-bond acceptors (Lipinski definition) is 7. The topological polar surface area (TPSA) is 88.5 Å². The van der Waals surface area contributed by atoms with E-state index in [-0.39, 0.29) is 43.0 Å². The van der Waals surface area contributed by atoms with E-state index in [1.165, 1.54) is 6.92 Å². The molecule has 9 atom stereocenters. The Labute approximate surface area is 201 Å². The second-order valence-electron chi connectivity index (χ2n) is 11.3. The molecular weight excluding hydrogens is 422 g/mol. The summed E-state index contributed by atoms with van der Waals surface area (Å²) in [5.41, 5.74) is -1.53. The van der Waals surface area contributed by atoms with Gasteiger partial charge in [-0.25, -0.2) is 0 Å². The third kappa shape index (κ3) is 9.10. The predicted octanol–water partition coefficient (Wildman–Crippen LogP) is 3.74. The number of esters is 1. The lowest BCUT2D eigenvalue weighted by molar-refractivity contribution is -0.224. The van der Waals surface area contributed by atoms with Crippen LogP contribution in [-0.2, 0) is 19.0 Å². The summed E-state index contributed by atoms with van der Waals surface area (Å²) in [5, 5.41) is 21.6. The molecule has 0 aliphatic carbocycles. The molecule has 0 spiro atoms. The SMILES string of the molecule is CC1CC(C)O[C@@H](O[C@H]2CCCC[C@@H](C)CN(C)C(C)C(O)[C@](C)(O)COC(=O)C(C)C2)C1. The summed E-state index contributed by atoms with van der Waals surface area (Å²) in [7, 11) is 1.97. The van der Waals surface area contributed by atoms with Crippen molar-refractivity contribution in [2.24, 2.45) is 17.8 Å². The van der Waals surface area contributed by atoms with Gasteiger partial charge >= 0.3 is 5.97 Å².